The second-order valence-electron chi connectivity index (χ2n) is 17.8. The number of phenols is 1. The number of carbonyl (C=O) groups is 8. The van der Waals surface area contributed by atoms with Crippen LogP contribution >= 0.6 is 0 Å². The van der Waals surface area contributed by atoms with Crippen molar-refractivity contribution in [2.24, 2.45) is 34.0 Å². The summed E-state index contributed by atoms with van der Waals surface area (Å²) in [5.74, 6) is -6.98. The number of rotatable bonds is 30. The van der Waals surface area contributed by atoms with Crippen molar-refractivity contribution in [2.45, 2.75) is 134 Å². The Labute approximate surface area is 408 Å². The van der Waals surface area contributed by atoms with Gasteiger partial charge in [0.15, 0.2) is 5.96 Å². The first-order valence-corrected chi connectivity index (χ1v) is 23.8. The second kappa shape index (κ2) is 29.3. The van der Waals surface area contributed by atoms with Crippen molar-refractivity contribution in [1.82, 2.24) is 52.1 Å². The van der Waals surface area contributed by atoms with Crippen molar-refractivity contribution in [3.63, 3.8) is 0 Å². The van der Waals surface area contributed by atoms with Crippen molar-refractivity contribution in [3.05, 3.63) is 48.0 Å². The smallest absolute Gasteiger partial charge is 0.326 e. The number of likely N-dealkylation sites (N-methyl/N-ethyl adjacent to an activating group) is 1. The number of benzene rings is 1. The van der Waals surface area contributed by atoms with Gasteiger partial charge in [0.05, 0.1) is 12.9 Å². The number of amides is 7. The Morgan fingerprint density at radius 3 is 2.04 bits per heavy atom. The van der Waals surface area contributed by atoms with E-state index in [4.69, 9.17) is 17.2 Å². The molecule has 1 aliphatic heterocycles. The lowest BCUT2D eigenvalue weighted by Crippen LogP contribution is -2.61. The Balaban J connectivity index is 1.93. The number of phenolic OH excluding ortho intramolecular Hbond substituents is 1. The van der Waals surface area contributed by atoms with Gasteiger partial charge in [-0.25, -0.2) is 9.78 Å². The van der Waals surface area contributed by atoms with E-state index in [-0.39, 0.29) is 70.0 Å². The molecular weight excluding hydrogens is 909 g/mol. The fraction of sp³-hybridized carbons (Fsp3) is 0.609. The first-order valence-electron chi connectivity index (χ1n) is 23.8. The van der Waals surface area contributed by atoms with Gasteiger partial charge in [-0.3, -0.25) is 38.6 Å². The molecule has 2 aromatic rings. The lowest BCUT2D eigenvalue weighted by Gasteiger charge is -2.31. The summed E-state index contributed by atoms with van der Waals surface area (Å²) < 4.78 is 0. The van der Waals surface area contributed by atoms with Crippen LogP contribution in [0.2, 0.25) is 0 Å². The van der Waals surface area contributed by atoms with Crippen LogP contribution in [0.15, 0.2) is 41.8 Å². The number of nitrogens with one attached hydrogen (secondary N) is 8. The molecule has 1 aliphatic rings. The number of nitrogens with zero attached hydrogens (tertiary/aromatic N) is 3. The quantitative estimate of drug-likeness (QED) is 0.0229. The molecule has 0 bridgehead atoms. The number of aromatic nitrogens is 2. The van der Waals surface area contributed by atoms with Crippen LogP contribution in [0.25, 0.3) is 0 Å². The van der Waals surface area contributed by atoms with Gasteiger partial charge in [0, 0.05) is 37.8 Å². The summed E-state index contributed by atoms with van der Waals surface area (Å²) in [6.07, 6.45) is 5.20. The highest BCUT2D eigenvalue weighted by atomic mass is 16.4. The van der Waals surface area contributed by atoms with Gasteiger partial charge in [-0.2, -0.15) is 0 Å². The van der Waals surface area contributed by atoms with Gasteiger partial charge >= 0.3 is 5.97 Å². The van der Waals surface area contributed by atoms with E-state index in [1.807, 2.05) is 0 Å². The van der Waals surface area contributed by atoms with E-state index in [1.165, 1.54) is 29.6 Å². The molecular formula is C46H74N14O10. The molecule has 2 heterocycles. The summed E-state index contributed by atoms with van der Waals surface area (Å²) in [5.41, 5.74) is 17.7. The van der Waals surface area contributed by atoms with E-state index < -0.39 is 101 Å². The Morgan fingerprint density at radius 1 is 0.814 bits per heavy atom. The zero-order valence-corrected chi connectivity index (χ0v) is 40.8. The minimum absolute atomic E-state index is 0.0432. The Morgan fingerprint density at radius 2 is 1.44 bits per heavy atom. The topological polar surface area (TPSA) is 384 Å². The first kappa shape index (κ1) is 57.5. The van der Waals surface area contributed by atoms with Crippen molar-refractivity contribution >= 4 is 53.3 Å². The number of carbonyl (C=O) groups excluding carboxylic acids is 7. The zero-order chi connectivity index (χ0) is 51.9. The molecule has 70 heavy (non-hydrogen) atoms. The molecule has 3 rings (SSSR count). The number of aromatic amines is 1. The van der Waals surface area contributed by atoms with E-state index in [2.05, 4.69) is 52.2 Å². The molecule has 7 amide bonds. The normalized spacial score (nSPS) is 16.3. The number of likely N-dealkylation sites (tertiary alicyclic amines) is 1. The van der Waals surface area contributed by atoms with Crippen molar-refractivity contribution < 1.29 is 48.6 Å². The van der Waals surface area contributed by atoms with E-state index >= 15 is 0 Å². The largest absolute Gasteiger partial charge is 0.508 e. The molecule has 388 valence electrons. The molecule has 0 radical (unpaired) electrons. The van der Waals surface area contributed by atoms with Gasteiger partial charge in [0.2, 0.25) is 41.4 Å². The maximum atomic E-state index is 14.5. The molecule has 1 aromatic carbocycles. The lowest BCUT2D eigenvalue weighted by atomic mass is 9.98. The molecule has 24 nitrogen and oxygen atoms in total. The molecule has 1 fully saturated rings. The standard InChI is InChI=1S/C46H74N14O10/c1-6-27(4)38(45(69)70)59-42(66)35-13-10-20-60(35)44(68)34(22-29-23-51-25-53-29)57-39(63)32(11-7-8-18-47)55-41(65)33(21-28-14-16-30(61)17-15-28)56-43(67)37(26(2)3)58-40(64)31(54-36(62)24-50-5)12-9-19-52-46(48)49/h14-17,23,25-27,31-35,37-38,50,61H,6-13,18-22,24,47H2,1-5H3,(H,51,53)(H,54,62)(H,55,65)(H,56,67)(H,57,63)(H,58,64)(H,59,66)(H,69,70)(H4,48,49,52)/t27-,31-,32-,33-,34-,35-,37-,38-/m0/s1. The minimum atomic E-state index is -1.36. The number of aliphatic carboxylic acids is 1. The van der Waals surface area contributed by atoms with Crippen LogP contribution in [0.3, 0.4) is 0 Å². The van der Waals surface area contributed by atoms with E-state index in [0.29, 0.717) is 43.4 Å². The third kappa shape index (κ3) is 18.6. The van der Waals surface area contributed by atoms with Crippen molar-refractivity contribution in [2.75, 3.05) is 33.2 Å². The van der Waals surface area contributed by atoms with Crippen molar-refractivity contribution in [1.29, 1.82) is 0 Å². The van der Waals surface area contributed by atoms with Gasteiger partial charge < -0.3 is 74.5 Å². The predicted molar refractivity (Wildman–Crippen MR) is 259 cm³/mol. The van der Waals surface area contributed by atoms with E-state index in [9.17, 15) is 48.6 Å². The highest BCUT2D eigenvalue weighted by Crippen LogP contribution is 2.21. The average Bonchev–Trinajstić information content (AvgIpc) is 4.03. The predicted octanol–water partition coefficient (Wildman–Crippen LogP) is -2.01. The lowest BCUT2D eigenvalue weighted by molar-refractivity contribution is -0.146. The summed E-state index contributed by atoms with van der Waals surface area (Å²) >= 11 is 0. The minimum Gasteiger partial charge on any atom is -0.508 e. The number of H-pyrrole nitrogens is 1. The molecule has 8 atom stereocenters. The highest BCUT2D eigenvalue weighted by Gasteiger charge is 2.41. The molecule has 1 saturated heterocycles. The number of guanidine groups is 1. The number of unbranched alkanes of at least 4 members (excludes halogenated alkanes) is 1. The maximum absolute atomic E-state index is 14.5. The van der Waals surface area contributed by atoms with Gasteiger partial charge in [0.25, 0.3) is 0 Å². The Hall–Kier alpha value is -6.82. The zero-order valence-electron chi connectivity index (χ0n) is 40.8. The fourth-order valence-electron chi connectivity index (χ4n) is 7.86. The number of hydrogen-bond donors (Lipinski definition) is 13. The molecule has 24 heteroatoms. The summed E-state index contributed by atoms with van der Waals surface area (Å²) in [6.45, 7) is 7.40. The van der Waals surface area contributed by atoms with Crippen LogP contribution in [-0.4, -0.2) is 154 Å². The van der Waals surface area contributed by atoms with Gasteiger partial charge in [-0.05, 0) is 88.1 Å². The summed E-state index contributed by atoms with van der Waals surface area (Å²) in [5, 5.41) is 38.8. The second-order valence-corrected chi connectivity index (χ2v) is 17.8. The average molecular weight is 983 g/mol. The van der Waals surface area contributed by atoms with Gasteiger partial charge in [-0.15, -0.1) is 0 Å². The Kier molecular flexibility index (Phi) is 24.0. The molecule has 1 aromatic heterocycles. The Bertz CT molecular complexity index is 2070. The number of carboxylic acids is 1. The SMILES string of the molecule is CC[C@H](C)[C@H](NC(=O)[C@@H]1CCCN1C(=O)[C@H](Cc1cnc[nH]1)NC(=O)[C@H](CCCCN)NC(=O)[C@H](Cc1ccc(O)cc1)NC(=O)[C@@H](NC(=O)[C@H](CCCN=C(N)N)NC(=O)CNC)C(C)C)C(=O)O. The third-order valence-corrected chi connectivity index (χ3v) is 12.0. The number of aromatic hydroxyl groups is 1. The van der Waals surface area contributed by atoms with Crippen LogP contribution in [0.4, 0.5) is 0 Å². The van der Waals surface area contributed by atoms with Gasteiger partial charge in [-0.1, -0.05) is 46.2 Å². The third-order valence-electron chi connectivity index (χ3n) is 12.0. The van der Waals surface area contributed by atoms with Crippen LogP contribution in [0, 0.1) is 11.8 Å². The molecule has 0 spiro atoms. The number of nitrogens with two attached hydrogens (primary N) is 3. The van der Waals surface area contributed by atoms with Gasteiger partial charge in [0.1, 0.15) is 48.0 Å². The maximum Gasteiger partial charge on any atom is 0.326 e. The van der Waals surface area contributed by atoms with E-state index in [0.717, 1.165) is 0 Å². The first-order chi connectivity index (χ1) is 33.3. The van der Waals surface area contributed by atoms with Crippen LogP contribution < -0.4 is 54.4 Å². The van der Waals surface area contributed by atoms with Crippen LogP contribution in [-0.2, 0) is 51.2 Å². The molecule has 0 saturated carbocycles. The van der Waals surface area contributed by atoms with Crippen LogP contribution in [0.5, 0.6) is 5.75 Å². The number of hydrogen-bond acceptors (Lipinski definition) is 13. The summed E-state index contributed by atoms with van der Waals surface area (Å²) in [6, 6.07) is -2.48. The molecule has 16 N–H and O–H groups in total. The molecule has 0 unspecified atom stereocenters. The fourth-order valence-corrected chi connectivity index (χ4v) is 7.86. The number of imidazole rings is 1. The number of aliphatic imine (C=N–C) groups is 1. The summed E-state index contributed by atoms with van der Waals surface area (Å²) in [7, 11) is 1.57. The monoisotopic (exact) mass is 983 g/mol. The summed E-state index contributed by atoms with van der Waals surface area (Å²) in [4.78, 5) is 122. The van der Waals surface area contributed by atoms with Crippen molar-refractivity contribution in [3.8, 4) is 5.75 Å². The van der Waals surface area contributed by atoms with Crippen LogP contribution in [0.1, 0.15) is 90.3 Å². The number of carboxylic acid groups (broad SMARTS) is 1. The highest BCUT2D eigenvalue weighted by molar-refractivity contribution is 5.98. The van der Waals surface area contributed by atoms with E-state index in [1.54, 1.807) is 46.9 Å². The molecule has 0 aliphatic carbocycles.